The van der Waals surface area contributed by atoms with E-state index in [0.717, 1.165) is 10.7 Å². The van der Waals surface area contributed by atoms with Crippen molar-refractivity contribution in [3.05, 3.63) is 18.2 Å². The first-order valence-electron chi connectivity index (χ1n) is 10.5. The zero-order valence-corrected chi connectivity index (χ0v) is 20.7. The van der Waals surface area contributed by atoms with E-state index in [2.05, 4.69) is 4.98 Å². The number of nitrogens with zero attached hydrogens (tertiary/aromatic N) is 4. The lowest BCUT2D eigenvalue weighted by Crippen LogP contribution is -2.43. The standard InChI is InChI=1S/C21H34N4O3S2/c1-8-23(9-2)30(27,28)17-11-12-19-18(13-17)22-21(24(19)10-3)29-14-20(26)25(15(4)5)16(6)7/h11-13,15-16H,8-10,14H2,1-7H3. The Kier molecular flexibility index (Phi) is 8.35. The molecule has 2 aromatic rings. The lowest BCUT2D eigenvalue weighted by Gasteiger charge is -2.30. The van der Waals surface area contributed by atoms with Gasteiger partial charge < -0.3 is 9.47 Å². The predicted octanol–water partition coefficient (Wildman–Crippen LogP) is 3.82. The maximum absolute atomic E-state index is 12.9. The van der Waals surface area contributed by atoms with Gasteiger partial charge >= 0.3 is 0 Å². The normalized spacial score (nSPS) is 12.5. The highest BCUT2D eigenvalue weighted by molar-refractivity contribution is 7.99. The van der Waals surface area contributed by atoms with Gasteiger partial charge in [0, 0.05) is 31.7 Å². The number of sulfonamides is 1. The Balaban J connectivity index is 2.35. The highest BCUT2D eigenvalue weighted by atomic mass is 32.2. The number of imidazole rings is 1. The third kappa shape index (κ3) is 5.00. The Bertz CT molecular complexity index is 972. The van der Waals surface area contributed by atoms with Crippen LogP contribution in [-0.2, 0) is 21.4 Å². The highest BCUT2D eigenvalue weighted by Gasteiger charge is 2.24. The molecule has 1 aromatic carbocycles. The van der Waals surface area contributed by atoms with Gasteiger partial charge in [0.05, 0.1) is 21.7 Å². The second kappa shape index (κ2) is 10.2. The summed E-state index contributed by atoms with van der Waals surface area (Å²) in [5.74, 6) is 0.370. The molecule has 0 saturated carbocycles. The van der Waals surface area contributed by atoms with E-state index in [0.29, 0.717) is 30.9 Å². The highest BCUT2D eigenvalue weighted by Crippen LogP contribution is 2.27. The van der Waals surface area contributed by atoms with Crippen molar-refractivity contribution in [2.75, 3.05) is 18.8 Å². The van der Waals surface area contributed by atoms with Gasteiger partial charge in [0.2, 0.25) is 15.9 Å². The van der Waals surface area contributed by atoms with E-state index in [1.165, 1.54) is 16.1 Å². The third-order valence-corrected chi connectivity index (χ3v) is 8.08. The molecule has 0 unspecified atom stereocenters. The first kappa shape index (κ1) is 24.7. The van der Waals surface area contributed by atoms with Gasteiger partial charge in [-0.3, -0.25) is 4.79 Å². The number of aromatic nitrogens is 2. The monoisotopic (exact) mass is 454 g/mol. The van der Waals surface area contributed by atoms with E-state index in [-0.39, 0.29) is 22.9 Å². The Labute approximate surface area is 184 Å². The lowest BCUT2D eigenvalue weighted by atomic mass is 10.2. The second-order valence-electron chi connectivity index (χ2n) is 7.66. The molecule has 0 aliphatic heterocycles. The number of hydrogen-bond acceptors (Lipinski definition) is 5. The summed E-state index contributed by atoms with van der Waals surface area (Å²) in [4.78, 5) is 19.5. The Morgan fingerprint density at radius 3 is 2.20 bits per heavy atom. The second-order valence-corrected chi connectivity index (χ2v) is 10.5. The van der Waals surface area contributed by atoms with Crippen molar-refractivity contribution in [2.45, 2.75) is 77.1 Å². The minimum atomic E-state index is -3.54. The smallest absolute Gasteiger partial charge is 0.243 e. The number of amides is 1. The lowest BCUT2D eigenvalue weighted by molar-refractivity contribution is -0.131. The number of benzene rings is 1. The molecule has 30 heavy (non-hydrogen) atoms. The van der Waals surface area contributed by atoms with Crippen molar-refractivity contribution < 1.29 is 13.2 Å². The summed E-state index contributed by atoms with van der Waals surface area (Å²) in [5.41, 5.74) is 1.50. The SMILES string of the molecule is CCN(CC)S(=O)(=O)c1ccc2c(c1)nc(SCC(=O)N(C(C)C)C(C)C)n2CC. The van der Waals surface area contributed by atoms with Crippen LogP contribution in [0.25, 0.3) is 11.0 Å². The van der Waals surface area contributed by atoms with Crippen molar-refractivity contribution in [3.63, 3.8) is 0 Å². The summed E-state index contributed by atoms with van der Waals surface area (Å²) in [5, 5.41) is 0.727. The minimum absolute atomic E-state index is 0.0736. The van der Waals surface area contributed by atoms with Crippen molar-refractivity contribution in [1.29, 1.82) is 0 Å². The van der Waals surface area contributed by atoms with Crippen LogP contribution in [0.4, 0.5) is 0 Å². The maximum Gasteiger partial charge on any atom is 0.243 e. The van der Waals surface area contributed by atoms with Crippen molar-refractivity contribution in [2.24, 2.45) is 0 Å². The van der Waals surface area contributed by atoms with Gasteiger partial charge in [-0.15, -0.1) is 0 Å². The van der Waals surface area contributed by atoms with Crippen LogP contribution in [0, 0.1) is 0 Å². The fourth-order valence-corrected chi connectivity index (χ4v) is 6.18. The van der Waals surface area contributed by atoms with Crippen molar-refractivity contribution in [1.82, 2.24) is 18.8 Å². The molecule has 0 saturated heterocycles. The molecule has 0 fully saturated rings. The number of fused-ring (bicyclic) bond motifs is 1. The van der Waals surface area contributed by atoms with Crippen LogP contribution in [0.5, 0.6) is 0 Å². The molecule has 0 radical (unpaired) electrons. The van der Waals surface area contributed by atoms with Gasteiger partial charge in [-0.25, -0.2) is 13.4 Å². The third-order valence-electron chi connectivity index (χ3n) is 5.07. The maximum atomic E-state index is 12.9. The van der Waals surface area contributed by atoms with Crippen LogP contribution in [0.2, 0.25) is 0 Å². The fraction of sp³-hybridized carbons (Fsp3) is 0.619. The average molecular weight is 455 g/mol. The van der Waals surface area contributed by atoms with Gasteiger partial charge in [0.15, 0.2) is 5.16 Å². The summed E-state index contributed by atoms with van der Waals surface area (Å²) in [6.45, 7) is 15.3. The Hall–Kier alpha value is -1.58. The number of carbonyl (C=O) groups is 1. The number of aryl methyl sites for hydroxylation is 1. The van der Waals surface area contributed by atoms with Gasteiger partial charge in [0.25, 0.3) is 0 Å². The van der Waals surface area contributed by atoms with Gasteiger partial charge in [-0.2, -0.15) is 4.31 Å². The quantitative estimate of drug-likeness (QED) is 0.510. The minimum Gasteiger partial charge on any atom is -0.337 e. The van der Waals surface area contributed by atoms with Gasteiger partial charge in [-0.1, -0.05) is 25.6 Å². The molecule has 2 rings (SSSR count). The van der Waals surface area contributed by atoms with E-state index in [9.17, 15) is 13.2 Å². The van der Waals surface area contributed by atoms with Crippen LogP contribution >= 0.6 is 11.8 Å². The van der Waals surface area contributed by atoms with Crippen LogP contribution in [0.3, 0.4) is 0 Å². The van der Waals surface area contributed by atoms with E-state index in [4.69, 9.17) is 0 Å². The molecule has 0 bridgehead atoms. The molecule has 0 atom stereocenters. The zero-order valence-electron chi connectivity index (χ0n) is 19.0. The van der Waals surface area contributed by atoms with Crippen LogP contribution in [-0.4, -0.2) is 64.0 Å². The van der Waals surface area contributed by atoms with E-state index in [1.807, 2.05) is 64.0 Å². The predicted molar refractivity (Wildman–Crippen MR) is 123 cm³/mol. The summed E-state index contributed by atoms with van der Waals surface area (Å²) in [7, 11) is -3.54. The first-order chi connectivity index (χ1) is 14.1. The molecule has 1 amide bonds. The average Bonchev–Trinajstić information content (AvgIpc) is 3.03. The fourth-order valence-electron chi connectivity index (χ4n) is 3.75. The Morgan fingerprint density at radius 2 is 1.70 bits per heavy atom. The number of thioether (sulfide) groups is 1. The molecule has 0 N–H and O–H groups in total. The molecular weight excluding hydrogens is 420 g/mol. The molecule has 0 aliphatic rings. The van der Waals surface area contributed by atoms with Crippen molar-refractivity contribution >= 4 is 38.7 Å². The summed E-state index contributed by atoms with van der Waals surface area (Å²) >= 11 is 1.40. The number of hydrogen-bond donors (Lipinski definition) is 0. The molecule has 1 aromatic heterocycles. The molecule has 168 valence electrons. The van der Waals surface area contributed by atoms with Crippen LogP contribution < -0.4 is 0 Å². The molecular formula is C21H34N4O3S2. The largest absolute Gasteiger partial charge is 0.337 e. The van der Waals surface area contributed by atoms with Crippen molar-refractivity contribution in [3.8, 4) is 0 Å². The summed E-state index contributed by atoms with van der Waals surface area (Å²) < 4.78 is 29.2. The summed E-state index contributed by atoms with van der Waals surface area (Å²) in [6.07, 6.45) is 0. The first-order valence-corrected chi connectivity index (χ1v) is 12.9. The van der Waals surface area contributed by atoms with Crippen LogP contribution in [0.1, 0.15) is 48.5 Å². The molecule has 0 spiro atoms. The Morgan fingerprint density at radius 1 is 1.10 bits per heavy atom. The zero-order chi connectivity index (χ0) is 22.6. The molecule has 7 nitrogen and oxygen atoms in total. The van der Waals surface area contributed by atoms with E-state index in [1.54, 1.807) is 12.1 Å². The van der Waals surface area contributed by atoms with Gasteiger partial charge in [0.1, 0.15) is 0 Å². The van der Waals surface area contributed by atoms with E-state index >= 15 is 0 Å². The topological polar surface area (TPSA) is 75.5 Å². The molecule has 0 aliphatic carbocycles. The molecule has 1 heterocycles. The van der Waals surface area contributed by atoms with Gasteiger partial charge in [-0.05, 0) is 52.8 Å². The van der Waals surface area contributed by atoms with E-state index < -0.39 is 10.0 Å². The van der Waals surface area contributed by atoms with Crippen LogP contribution in [0.15, 0.2) is 28.3 Å². The summed E-state index contributed by atoms with van der Waals surface area (Å²) in [6, 6.07) is 5.35. The number of rotatable bonds is 10. The molecule has 9 heteroatoms. The number of carbonyl (C=O) groups excluding carboxylic acids is 1.